The fourth-order valence-electron chi connectivity index (χ4n) is 2.30. The van der Waals surface area contributed by atoms with Crippen LogP contribution in [-0.4, -0.2) is 35.0 Å². The largest absolute Gasteiger partial charge is 0.347 e. The van der Waals surface area contributed by atoms with Crippen molar-refractivity contribution in [2.45, 2.75) is 24.4 Å². The van der Waals surface area contributed by atoms with E-state index in [9.17, 15) is 13.2 Å². The van der Waals surface area contributed by atoms with Crippen LogP contribution in [0.25, 0.3) is 5.65 Å². The van der Waals surface area contributed by atoms with Gasteiger partial charge in [0.2, 0.25) is 15.9 Å². The fraction of sp³-hybridized carbons (Fsp3) is 0.188. The molecule has 0 spiro atoms. The Kier molecular flexibility index (Phi) is 5.35. The van der Waals surface area contributed by atoms with Crippen LogP contribution in [0.4, 0.5) is 0 Å². The van der Waals surface area contributed by atoms with Gasteiger partial charge in [-0.2, -0.15) is 4.72 Å². The SMILES string of the molecule is C[C@@H](NS(=O)(=O)c1ccc(Br)cc1)C(=O)NCc1nnc2ccccn12. The van der Waals surface area contributed by atoms with Crippen LogP contribution < -0.4 is 10.0 Å². The first kappa shape index (κ1) is 18.5. The summed E-state index contributed by atoms with van der Waals surface area (Å²) >= 11 is 3.25. The number of sulfonamides is 1. The molecule has 0 radical (unpaired) electrons. The molecule has 2 aromatic heterocycles. The normalized spacial score (nSPS) is 12.8. The van der Waals surface area contributed by atoms with Gasteiger partial charge in [0.1, 0.15) is 0 Å². The summed E-state index contributed by atoms with van der Waals surface area (Å²) in [5.41, 5.74) is 0.667. The van der Waals surface area contributed by atoms with Crippen LogP contribution in [0.15, 0.2) is 58.0 Å². The van der Waals surface area contributed by atoms with Crippen molar-refractivity contribution in [2.24, 2.45) is 0 Å². The van der Waals surface area contributed by atoms with Crippen LogP contribution in [0.1, 0.15) is 12.7 Å². The molecule has 3 rings (SSSR count). The Labute approximate surface area is 158 Å². The number of hydrogen-bond donors (Lipinski definition) is 2. The van der Waals surface area contributed by atoms with Crippen LogP contribution in [0.5, 0.6) is 0 Å². The second-order valence-corrected chi connectivity index (χ2v) is 8.19. The zero-order valence-corrected chi connectivity index (χ0v) is 16.2. The van der Waals surface area contributed by atoms with Crippen LogP contribution >= 0.6 is 15.9 Å². The summed E-state index contributed by atoms with van der Waals surface area (Å²) in [4.78, 5) is 12.3. The summed E-state index contributed by atoms with van der Waals surface area (Å²) < 4.78 is 29.5. The third-order valence-electron chi connectivity index (χ3n) is 3.65. The highest BCUT2D eigenvalue weighted by Crippen LogP contribution is 2.14. The van der Waals surface area contributed by atoms with Gasteiger partial charge in [-0.1, -0.05) is 22.0 Å². The Bertz CT molecular complexity index is 1030. The standard InChI is InChI=1S/C16H16BrN5O3S/c1-11(21-26(24,25)13-7-5-12(17)6-8-13)16(23)18-10-15-20-19-14-4-2-3-9-22(14)15/h2-9,11,21H,10H2,1H3,(H,18,23)/t11-/m1/s1. The number of pyridine rings is 1. The lowest BCUT2D eigenvalue weighted by molar-refractivity contribution is -0.122. The smallest absolute Gasteiger partial charge is 0.241 e. The van der Waals surface area contributed by atoms with Gasteiger partial charge in [0, 0.05) is 10.7 Å². The topological polar surface area (TPSA) is 105 Å². The molecule has 0 bridgehead atoms. The fourth-order valence-corrected chi connectivity index (χ4v) is 3.77. The monoisotopic (exact) mass is 437 g/mol. The molecule has 0 saturated carbocycles. The van der Waals surface area contributed by atoms with E-state index < -0.39 is 22.0 Å². The van der Waals surface area contributed by atoms with E-state index in [1.807, 2.05) is 12.1 Å². The van der Waals surface area contributed by atoms with Gasteiger partial charge >= 0.3 is 0 Å². The summed E-state index contributed by atoms with van der Waals surface area (Å²) in [6, 6.07) is 10.7. The lowest BCUT2D eigenvalue weighted by atomic mass is 10.3. The quantitative estimate of drug-likeness (QED) is 0.607. The lowest BCUT2D eigenvalue weighted by Crippen LogP contribution is -2.44. The van der Waals surface area contributed by atoms with E-state index in [2.05, 4.69) is 36.2 Å². The van der Waals surface area contributed by atoms with Gasteiger partial charge in [0.05, 0.1) is 17.5 Å². The second kappa shape index (κ2) is 7.52. The van der Waals surface area contributed by atoms with Crippen molar-refractivity contribution in [1.82, 2.24) is 24.6 Å². The number of amides is 1. The van der Waals surface area contributed by atoms with Gasteiger partial charge in [0.25, 0.3) is 0 Å². The molecule has 0 aliphatic carbocycles. The highest BCUT2D eigenvalue weighted by atomic mass is 79.9. The number of benzene rings is 1. The highest BCUT2D eigenvalue weighted by Gasteiger charge is 2.22. The van der Waals surface area contributed by atoms with Gasteiger partial charge in [-0.25, -0.2) is 8.42 Å². The lowest BCUT2D eigenvalue weighted by Gasteiger charge is -2.14. The third-order valence-corrected chi connectivity index (χ3v) is 5.74. The zero-order valence-electron chi connectivity index (χ0n) is 13.8. The number of rotatable bonds is 6. The minimum atomic E-state index is -3.79. The number of nitrogens with zero attached hydrogens (tertiary/aromatic N) is 3. The van der Waals surface area contributed by atoms with Crippen molar-refractivity contribution in [3.8, 4) is 0 Å². The molecule has 2 heterocycles. The second-order valence-electron chi connectivity index (χ2n) is 5.56. The maximum atomic E-state index is 12.3. The number of hydrogen-bond acceptors (Lipinski definition) is 5. The molecule has 10 heteroatoms. The number of fused-ring (bicyclic) bond motifs is 1. The first-order valence-corrected chi connectivity index (χ1v) is 9.99. The highest BCUT2D eigenvalue weighted by molar-refractivity contribution is 9.10. The average Bonchev–Trinajstić information content (AvgIpc) is 3.03. The van der Waals surface area contributed by atoms with Gasteiger partial charge in [0.15, 0.2) is 11.5 Å². The van der Waals surface area contributed by atoms with Gasteiger partial charge < -0.3 is 5.32 Å². The molecule has 0 saturated heterocycles. The van der Waals surface area contributed by atoms with Crippen LogP contribution in [0.2, 0.25) is 0 Å². The Morgan fingerprint density at radius 1 is 1.19 bits per heavy atom. The molecule has 136 valence electrons. The summed E-state index contributed by atoms with van der Waals surface area (Å²) in [6.45, 7) is 1.61. The van der Waals surface area contributed by atoms with Crippen LogP contribution in [0, 0.1) is 0 Å². The van der Waals surface area contributed by atoms with Crippen LogP contribution in [-0.2, 0) is 21.4 Å². The maximum Gasteiger partial charge on any atom is 0.241 e. The Hall–Kier alpha value is -2.30. The van der Waals surface area contributed by atoms with Gasteiger partial charge in [-0.05, 0) is 43.3 Å². The molecule has 1 aromatic carbocycles. The van der Waals surface area contributed by atoms with E-state index in [1.165, 1.54) is 19.1 Å². The molecule has 1 atom stereocenters. The van der Waals surface area contributed by atoms with E-state index >= 15 is 0 Å². The number of nitrogens with one attached hydrogen (secondary N) is 2. The first-order chi connectivity index (χ1) is 12.4. The number of halogens is 1. The van der Waals surface area contributed by atoms with Gasteiger partial charge in [-0.3, -0.25) is 9.20 Å². The predicted octanol–water partition coefficient (Wildman–Crippen LogP) is 1.48. The number of aromatic nitrogens is 3. The molecule has 0 fully saturated rings. The molecule has 0 unspecified atom stereocenters. The summed E-state index contributed by atoms with van der Waals surface area (Å²) in [5.74, 6) is 0.0929. The maximum absolute atomic E-state index is 12.3. The molecule has 1 amide bonds. The summed E-state index contributed by atoms with van der Waals surface area (Å²) in [5, 5.41) is 10.7. The first-order valence-electron chi connectivity index (χ1n) is 7.71. The zero-order chi connectivity index (χ0) is 18.7. The van der Waals surface area contributed by atoms with Crippen molar-refractivity contribution < 1.29 is 13.2 Å². The predicted molar refractivity (Wildman–Crippen MR) is 98.8 cm³/mol. The van der Waals surface area contributed by atoms with E-state index in [0.29, 0.717) is 11.5 Å². The number of carbonyl (C=O) groups excluding carboxylic acids is 1. The van der Waals surface area contributed by atoms with Crippen LogP contribution in [0.3, 0.4) is 0 Å². The van der Waals surface area contributed by atoms with Crippen molar-refractivity contribution in [2.75, 3.05) is 0 Å². The van der Waals surface area contributed by atoms with Gasteiger partial charge in [-0.15, -0.1) is 10.2 Å². The molecule has 0 aliphatic rings. The minimum Gasteiger partial charge on any atom is -0.347 e. The molecule has 8 nitrogen and oxygen atoms in total. The molecular weight excluding hydrogens is 422 g/mol. The van der Waals surface area contributed by atoms with E-state index in [4.69, 9.17) is 0 Å². The third kappa shape index (κ3) is 4.09. The van der Waals surface area contributed by atoms with Crippen molar-refractivity contribution in [3.63, 3.8) is 0 Å². The minimum absolute atomic E-state index is 0.0869. The van der Waals surface area contributed by atoms with E-state index in [0.717, 1.165) is 4.47 Å². The van der Waals surface area contributed by atoms with E-state index in [1.54, 1.807) is 28.8 Å². The molecule has 3 aromatic rings. The van der Waals surface area contributed by atoms with Crippen molar-refractivity contribution in [1.29, 1.82) is 0 Å². The molecular formula is C16H16BrN5O3S. The Morgan fingerprint density at radius 2 is 1.92 bits per heavy atom. The molecule has 2 N–H and O–H groups in total. The van der Waals surface area contributed by atoms with E-state index in [-0.39, 0.29) is 11.4 Å². The average molecular weight is 438 g/mol. The van der Waals surface area contributed by atoms with Crippen molar-refractivity contribution in [3.05, 3.63) is 59.0 Å². The Morgan fingerprint density at radius 3 is 2.65 bits per heavy atom. The van der Waals surface area contributed by atoms with Crippen molar-refractivity contribution >= 4 is 37.5 Å². The molecule has 26 heavy (non-hydrogen) atoms. The Balaban J connectivity index is 1.63. The number of carbonyl (C=O) groups is 1. The summed E-state index contributed by atoms with van der Waals surface area (Å²) in [6.07, 6.45) is 1.79. The summed E-state index contributed by atoms with van der Waals surface area (Å²) in [7, 11) is -3.79. The molecule has 0 aliphatic heterocycles.